The SMILES string of the molecule is CCC(C)CC(=COC)C(=O)OC(C)(C)C. The predicted octanol–water partition coefficient (Wildman–Crippen LogP) is 3.29. The summed E-state index contributed by atoms with van der Waals surface area (Å²) in [4.78, 5) is 11.8. The van der Waals surface area contributed by atoms with Gasteiger partial charge in [-0.25, -0.2) is 4.79 Å². The summed E-state index contributed by atoms with van der Waals surface area (Å²) in [6.45, 7) is 9.79. The molecule has 0 saturated carbocycles. The van der Waals surface area contributed by atoms with Gasteiger partial charge < -0.3 is 9.47 Å². The Bertz CT molecular complexity index is 248. The van der Waals surface area contributed by atoms with Crippen molar-refractivity contribution in [3.63, 3.8) is 0 Å². The molecule has 94 valence electrons. The minimum absolute atomic E-state index is 0.283. The third-order valence-corrected chi connectivity index (χ3v) is 2.19. The zero-order valence-electron chi connectivity index (χ0n) is 11.3. The van der Waals surface area contributed by atoms with Gasteiger partial charge in [0, 0.05) is 0 Å². The summed E-state index contributed by atoms with van der Waals surface area (Å²) in [5, 5.41) is 0. The quantitative estimate of drug-likeness (QED) is 0.411. The Morgan fingerprint density at radius 1 is 1.38 bits per heavy atom. The van der Waals surface area contributed by atoms with Crippen molar-refractivity contribution in [2.75, 3.05) is 7.11 Å². The van der Waals surface area contributed by atoms with E-state index in [2.05, 4.69) is 13.8 Å². The first kappa shape index (κ1) is 15.0. The zero-order valence-corrected chi connectivity index (χ0v) is 11.3. The maximum absolute atomic E-state index is 11.8. The van der Waals surface area contributed by atoms with Gasteiger partial charge in [0.15, 0.2) is 0 Å². The summed E-state index contributed by atoms with van der Waals surface area (Å²) in [7, 11) is 1.54. The lowest BCUT2D eigenvalue weighted by atomic mass is 9.99. The summed E-state index contributed by atoms with van der Waals surface area (Å²) in [6.07, 6.45) is 3.21. The summed E-state index contributed by atoms with van der Waals surface area (Å²) >= 11 is 0. The summed E-state index contributed by atoms with van der Waals surface area (Å²) < 4.78 is 10.2. The van der Waals surface area contributed by atoms with Gasteiger partial charge in [-0.15, -0.1) is 0 Å². The van der Waals surface area contributed by atoms with Crippen LogP contribution in [0.3, 0.4) is 0 Å². The molecule has 1 atom stereocenters. The largest absolute Gasteiger partial charge is 0.504 e. The molecule has 0 aliphatic carbocycles. The molecule has 0 bridgehead atoms. The lowest BCUT2D eigenvalue weighted by molar-refractivity contribution is -0.150. The van der Waals surface area contributed by atoms with E-state index in [1.165, 1.54) is 6.26 Å². The van der Waals surface area contributed by atoms with Gasteiger partial charge in [0.2, 0.25) is 0 Å². The third kappa shape index (κ3) is 6.49. The molecule has 3 nitrogen and oxygen atoms in total. The van der Waals surface area contributed by atoms with Crippen molar-refractivity contribution in [1.29, 1.82) is 0 Å². The van der Waals surface area contributed by atoms with E-state index >= 15 is 0 Å². The van der Waals surface area contributed by atoms with Crippen LogP contribution in [-0.4, -0.2) is 18.7 Å². The zero-order chi connectivity index (χ0) is 12.8. The van der Waals surface area contributed by atoms with E-state index in [9.17, 15) is 4.79 Å². The fraction of sp³-hybridized carbons (Fsp3) is 0.769. The number of methoxy groups -OCH3 is 1. The molecule has 0 radical (unpaired) electrons. The fourth-order valence-electron chi connectivity index (χ4n) is 1.19. The van der Waals surface area contributed by atoms with Crippen LogP contribution in [0.2, 0.25) is 0 Å². The molecule has 16 heavy (non-hydrogen) atoms. The van der Waals surface area contributed by atoms with Gasteiger partial charge in [-0.05, 0) is 33.1 Å². The van der Waals surface area contributed by atoms with Crippen molar-refractivity contribution in [3.05, 3.63) is 11.8 Å². The molecule has 0 N–H and O–H groups in total. The Hall–Kier alpha value is -0.990. The standard InChI is InChI=1S/C13H24O3/c1-7-10(2)8-11(9-15-6)12(14)16-13(3,4)5/h9-10H,7-8H2,1-6H3. The van der Waals surface area contributed by atoms with E-state index in [1.54, 1.807) is 7.11 Å². The molecule has 0 spiro atoms. The first-order valence-corrected chi connectivity index (χ1v) is 5.75. The van der Waals surface area contributed by atoms with Crippen molar-refractivity contribution in [3.8, 4) is 0 Å². The number of rotatable bonds is 5. The maximum atomic E-state index is 11.8. The number of hydrogen-bond acceptors (Lipinski definition) is 3. The van der Waals surface area contributed by atoms with Crippen LogP contribution < -0.4 is 0 Å². The molecule has 0 aliphatic rings. The molecule has 0 saturated heterocycles. The van der Waals surface area contributed by atoms with Crippen LogP contribution >= 0.6 is 0 Å². The van der Waals surface area contributed by atoms with Gasteiger partial charge in [-0.3, -0.25) is 0 Å². The van der Waals surface area contributed by atoms with Gasteiger partial charge in [0.05, 0.1) is 18.9 Å². The maximum Gasteiger partial charge on any atom is 0.337 e. The van der Waals surface area contributed by atoms with E-state index in [0.717, 1.165) is 6.42 Å². The molecule has 0 fully saturated rings. The summed E-state index contributed by atoms with van der Waals surface area (Å²) in [6, 6.07) is 0. The van der Waals surface area contributed by atoms with Crippen LogP contribution in [0, 0.1) is 5.92 Å². The highest BCUT2D eigenvalue weighted by Crippen LogP contribution is 2.18. The molecule has 3 heteroatoms. The van der Waals surface area contributed by atoms with Gasteiger partial charge in [0.25, 0.3) is 0 Å². The molecule has 0 aliphatic heterocycles. The average Bonchev–Trinajstić information content (AvgIpc) is 2.14. The molecule has 0 heterocycles. The van der Waals surface area contributed by atoms with Crippen LogP contribution in [0.4, 0.5) is 0 Å². The minimum Gasteiger partial charge on any atom is -0.504 e. The molecule has 0 aromatic rings. The molecule has 0 aromatic heterocycles. The first-order chi connectivity index (χ1) is 7.30. The Labute approximate surface area is 98.8 Å². The van der Waals surface area contributed by atoms with Crippen LogP contribution in [0.15, 0.2) is 11.8 Å². The number of carbonyl (C=O) groups is 1. The monoisotopic (exact) mass is 228 g/mol. The summed E-state index contributed by atoms with van der Waals surface area (Å²) in [5.41, 5.74) is 0.145. The topological polar surface area (TPSA) is 35.5 Å². The van der Waals surface area contributed by atoms with Gasteiger partial charge >= 0.3 is 5.97 Å². The second-order valence-electron chi connectivity index (χ2n) is 5.10. The average molecular weight is 228 g/mol. The number of ether oxygens (including phenoxy) is 2. The highest BCUT2D eigenvalue weighted by Gasteiger charge is 2.21. The number of hydrogen-bond donors (Lipinski definition) is 0. The van der Waals surface area contributed by atoms with Crippen molar-refractivity contribution in [2.24, 2.45) is 5.92 Å². The van der Waals surface area contributed by atoms with Gasteiger partial charge in [-0.2, -0.15) is 0 Å². The smallest absolute Gasteiger partial charge is 0.337 e. The van der Waals surface area contributed by atoms with Gasteiger partial charge in [-0.1, -0.05) is 20.3 Å². The Morgan fingerprint density at radius 3 is 2.31 bits per heavy atom. The van der Waals surface area contributed by atoms with Crippen molar-refractivity contribution in [1.82, 2.24) is 0 Å². The highest BCUT2D eigenvalue weighted by molar-refractivity contribution is 5.88. The van der Waals surface area contributed by atoms with E-state index < -0.39 is 5.60 Å². The highest BCUT2D eigenvalue weighted by atomic mass is 16.6. The van der Waals surface area contributed by atoms with Crippen molar-refractivity contribution >= 4 is 5.97 Å². The second-order valence-corrected chi connectivity index (χ2v) is 5.10. The lowest BCUT2D eigenvalue weighted by Crippen LogP contribution is -2.25. The van der Waals surface area contributed by atoms with Crippen LogP contribution in [0.5, 0.6) is 0 Å². The Morgan fingerprint density at radius 2 is 1.94 bits per heavy atom. The molecular formula is C13H24O3. The Kier molecular flexibility index (Phi) is 6.16. The predicted molar refractivity (Wildman–Crippen MR) is 65.0 cm³/mol. The van der Waals surface area contributed by atoms with Crippen molar-refractivity contribution in [2.45, 2.75) is 53.1 Å². The first-order valence-electron chi connectivity index (χ1n) is 5.75. The number of carbonyl (C=O) groups excluding carboxylic acids is 1. The van der Waals surface area contributed by atoms with E-state index in [0.29, 0.717) is 17.9 Å². The summed E-state index contributed by atoms with van der Waals surface area (Å²) in [5.74, 6) is 0.170. The molecular weight excluding hydrogens is 204 g/mol. The van der Waals surface area contributed by atoms with Crippen LogP contribution in [-0.2, 0) is 14.3 Å². The molecule has 1 unspecified atom stereocenters. The molecule has 0 amide bonds. The van der Waals surface area contributed by atoms with Crippen LogP contribution in [0.1, 0.15) is 47.5 Å². The van der Waals surface area contributed by atoms with E-state index in [-0.39, 0.29) is 5.97 Å². The third-order valence-electron chi connectivity index (χ3n) is 2.19. The van der Waals surface area contributed by atoms with Crippen molar-refractivity contribution < 1.29 is 14.3 Å². The van der Waals surface area contributed by atoms with E-state index in [1.807, 2.05) is 20.8 Å². The van der Waals surface area contributed by atoms with E-state index in [4.69, 9.17) is 9.47 Å². The normalized spacial score (nSPS) is 14.5. The van der Waals surface area contributed by atoms with Crippen LogP contribution in [0.25, 0.3) is 0 Å². The lowest BCUT2D eigenvalue weighted by Gasteiger charge is -2.21. The number of esters is 1. The second kappa shape index (κ2) is 6.56. The molecule has 0 rings (SSSR count). The Balaban J connectivity index is 4.55. The fourth-order valence-corrected chi connectivity index (χ4v) is 1.19. The molecule has 0 aromatic carbocycles. The minimum atomic E-state index is -0.459. The van der Waals surface area contributed by atoms with Gasteiger partial charge in [0.1, 0.15) is 5.60 Å².